The van der Waals surface area contributed by atoms with E-state index in [0.717, 1.165) is 11.3 Å². The van der Waals surface area contributed by atoms with Gasteiger partial charge in [0.25, 0.3) is 0 Å². The number of methoxy groups -OCH3 is 1. The summed E-state index contributed by atoms with van der Waals surface area (Å²) in [5.74, 6) is 1.36. The molecule has 0 aliphatic rings. The van der Waals surface area contributed by atoms with Crippen LogP contribution < -0.4 is 20.5 Å². The third-order valence-corrected chi connectivity index (χ3v) is 2.77. The number of hydrogen-bond acceptors (Lipinski definition) is 5. The van der Waals surface area contributed by atoms with Gasteiger partial charge in [0.1, 0.15) is 13.2 Å². The monoisotopic (exact) mass is 320 g/mol. The molecule has 128 valence electrons. The molecule has 1 rings (SSSR count). The molecule has 1 aromatic carbocycles. The Labute approximate surface area is 139 Å². The van der Waals surface area contributed by atoms with Crippen LogP contribution >= 0.6 is 0 Å². The van der Waals surface area contributed by atoms with Crippen molar-refractivity contribution in [1.82, 2.24) is 0 Å². The van der Waals surface area contributed by atoms with Gasteiger partial charge in [0.15, 0.2) is 11.5 Å². The van der Waals surface area contributed by atoms with Gasteiger partial charge in [-0.15, -0.1) is 0 Å². The Hall–Kier alpha value is -2.24. The molecular formula is C18H28N2O3. The fraction of sp³-hybridized carbons (Fsp3) is 0.333. The summed E-state index contributed by atoms with van der Waals surface area (Å²) in [6, 6.07) is 5.71. The summed E-state index contributed by atoms with van der Waals surface area (Å²) in [7, 11) is 5.00. The first kappa shape index (κ1) is 20.8. The molecule has 0 bridgehead atoms. The molecule has 0 unspecified atom stereocenters. The lowest BCUT2D eigenvalue weighted by atomic mass is 10.2. The highest BCUT2D eigenvalue weighted by molar-refractivity contribution is 5.54. The Morgan fingerprint density at radius 1 is 1.17 bits per heavy atom. The van der Waals surface area contributed by atoms with Crippen LogP contribution in [0, 0.1) is 0 Å². The van der Waals surface area contributed by atoms with E-state index in [-0.39, 0.29) is 0 Å². The van der Waals surface area contributed by atoms with Crippen LogP contribution in [-0.4, -0.2) is 41.0 Å². The summed E-state index contributed by atoms with van der Waals surface area (Å²) < 4.78 is 16.5. The minimum Gasteiger partial charge on any atom is -0.487 e. The molecule has 0 saturated carbocycles. The van der Waals surface area contributed by atoms with Gasteiger partial charge in [-0.2, -0.15) is 0 Å². The molecule has 0 saturated heterocycles. The molecule has 1 aromatic rings. The smallest absolute Gasteiger partial charge is 0.163 e. The molecule has 0 atom stereocenters. The van der Waals surface area contributed by atoms with Crippen molar-refractivity contribution in [2.24, 2.45) is 5.73 Å². The predicted molar refractivity (Wildman–Crippen MR) is 97.4 cm³/mol. The number of allylic oxidation sites excluding steroid dienone is 2. The summed E-state index contributed by atoms with van der Waals surface area (Å²) >= 11 is 0. The van der Waals surface area contributed by atoms with Gasteiger partial charge in [0, 0.05) is 25.9 Å². The van der Waals surface area contributed by atoms with Crippen molar-refractivity contribution in [1.29, 1.82) is 0 Å². The quantitative estimate of drug-likeness (QED) is 0.512. The molecule has 23 heavy (non-hydrogen) atoms. The van der Waals surface area contributed by atoms with E-state index in [1.807, 2.05) is 31.3 Å². The summed E-state index contributed by atoms with van der Waals surface area (Å²) in [6.45, 7) is 8.83. The van der Waals surface area contributed by atoms with Crippen molar-refractivity contribution in [3.63, 3.8) is 0 Å². The van der Waals surface area contributed by atoms with Crippen molar-refractivity contribution in [2.45, 2.75) is 0 Å². The first-order chi connectivity index (χ1) is 11.2. The first-order valence-corrected chi connectivity index (χ1v) is 7.33. The van der Waals surface area contributed by atoms with Crippen LogP contribution in [0.2, 0.25) is 0 Å². The Balaban J connectivity index is 0.00000232. The van der Waals surface area contributed by atoms with Crippen molar-refractivity contribution in [3.8, 4) is 11.5 Å². The molecule has 0 aliphatic heterocycles. The molecule has 5 heteroatoms. The van der Waals surface area contributed by atoms with Crippen LogP contribution in [0.3, 0.4) is 0 Å². The number of ether oxygens (including phenoxy) is 3. The van der Waals surface area contributed by atoms with Crippen LogP contribution in [0.4, 0.5) is 5.69 Å². The highest BCUT2D eigenvalue weighted by atomic mass is 16.5. The number of nitrogens with one attached hydrogen (secondary N) is 1. The Kier molecular flexibility index (Phi) is 12.1. The SMILES string of the molecule is C=C/C=C(\C=C)COc1cc(NC)ccc1OCCOC.CN. The van der Waals surface area contributed by atoms with Crippen LogP contribution in [0.25, 0.3) is 0 Å². The topological polar surface area (TPSA) is 65.7 Å². The molecule has 0 aromatic heterocycles. The molecule has 0 radical (unpaired) electrons. The summed E-state index contributed by atoms with van der Waals surface area (Å²) in [6.07, 6.45) is 5.32. The molecule has 0 amide bonds. The Morgan fingerprint density at radius 3 is 2.48 bits per heavy atom. The first-order valence-electron chi connectivity index (χ1n) is 7.33. The molecule has 3 N–H and O–H groups in total. The average Bonchev–Trinajstić information content (AvgIpc) is 2.61. The second kappa shape index (κ2) is 13.4. The highest BCUT2D eigenvalue weighted by Gasteiger charge is 2.07. The normalized spacial score (nSPS) is 10.2. The van der Waals surface area contributed by atoms with Crippen molar-refractivity contribution >= 4 is 5.69 Å². The zero-order chi connectivity index (χ0) is 17.5. The highest BCUT2D eigenvalue weighted by Crippen LogP contribution is 2.30. The third-order valence-electron chi connectivity index (χ3n) is 2.77. The fourth-order valence-corrected chi connectivity index (χ4v) is 1.62. The second-order valence-corrected chi connectivity index (χ2v) is 4.22. The fourth-order valence-electron chi connectivity index (χ4n) is 1.62. The van der Waals surface area contributed by atoms with Gasteiger partial charge in [-0.1, -0.05) is 31.4 Å². The second-order valence-electron chi connectivity index (χ2n) is 4.22. The van der Waals surface area contributed by atoms with Crippen molar-refractivity contribution < 1.29 is 14.2 Å². The molecule has 0 fully saturated rings. The number of benzene rings is 1. The average molecular weight is 320 g/mol. The van der Waals surface area contributed by atoms with Crippen LogP contribution in [0.5, 0.6) is 11.5 Å². The van der Waals surface area contributed by atoms with Crippen LogP contribution in [0.15, 0.2) is 55.2 Å². The standard InChI is InChI=1S/C17H23NO3.CH5N/c1-5-7-14(6-2)13-21-17-12-15(18-3)8-9-16(17)20-11-10-19-4;1-2/h5-9,12,18H,1-2,10-11,13H2,3-4H3;2H2,1H3/b14-7+;. The lowest BCUT2D eigenvalue weighted by Crippen LogP contribution is -2.07. The largest absolute Gasteiger partial charge is 0.487 e. The van der Waals surface area contributed by atoms with Crippen molar-refractivity contribution in [3.05, 3.63) is 55.2 Å². The predicted octanol–water partition coefficient (Wildman–Crippen LogP) is 3.01. The van der Waals surface area contributed by atoms with Gasteiger partial charge in [0.2, 0.25) is 0 Å². The lowest BCUT2D eigenvalue weighted by molar-refractivity contribution is 0.143. The Bertz CT molecular complexity index is 499. The summed E-state index contributed by atoms with van der Waals surface area (Å²) in [4.78, 5) is 0. The van der Waals surface area contributed by atoms with Gasteiger partial charge in [0.05, 0.1) is 6.61 Å². The van der Waals surface area contributed by atoms with E-state index in [1.54, 1.807) is 19.3 Å². The van der Waals surface area contributed by atoms with E-state index in [1.165, 1.54) is 7.05 Å². The van der Waals surface area contributed by atoms with E-state index < -0.39 is 0 Å². The maximum atomic E-state index is 5.82. The van der Waals surface area contributed by atoms with Crippen molar-refractivity contribution in [2.75, 3.05) is 46.3 Å². The Morgan fingerprint density at radius 2 is 1.91 bits per heavy atom. The maximum Gasteiger partial charge on any atom is 0.163 e. The van der Waals surface area contributed by atoms with Gasteiger partial charge in [-0.25, -0.2) is 0 Å². The lowest BCUT2D eigenvalue weighted by Gasteiger charge is -2.14. The number of hydrogen-bond donors (Lipinski definition) is 2. The van der Waals surface area contributed by atoms with Gasteiger partial charge >= 0.3 is 0 Å². The maximum absolute atomic E-state index is 5.82. The zero-order valence-corrected chi connectivity index (χ0v) is 14.3. The van der Waals surface area contributed by atoms with E-state index >= 15 is 0 Å². The van der Waals surface area contributed by atoms with E-state index in [9.17, 15) is 0 Å². The van der Waals surface area contributed by atoms with Gasteiger partial charge < -0.3 is 25.3 Å². The van der Waals surface area contributed by atoms with Gasteiger partial charge in [-0.05, 0) is 24.8 Å². The third kappa shape index (κ3) is 8.09. The zero-order valence-electron chi connectivity index (χ0n) is 14.3. The summed E-state index contributed by atoms with van der Waals surface area (Å²) in [5, 5.41) is 3.08. The minimum absolute atomic E-state index is 0.406. The molecule has 0 spiro atoms. The van der Waals surface area contributed by atoms with Crippen LogP contribution in [-0.2, 0) is 4.74 Å². The number of nitrogens with two attached hydrogens (primary N) is 1. The molecule has 0 aliphatic carbocycles. The van der Waals surface area contributed by atoms with E-state index in [2.05, 4.69) is 24.2 Å². The molecular weight excluding hydrogens is 292 g/mol. The number of rotatable bonds is 10. The summed E-state index contributed by atoms with van der Waals surface area (Å²) in [5.41, 5.74) is 6.40. The van der Waals surface area contributed by atoms with E-state index in [4.69, 9.17) is 14.2 Å². The molecule has 0 heterocycles. The van der Waals surface area contributed by atoms with Crippen LogP contribution in [0.1, 0.15) is 0 Å². The molecule has 5 nitrogen and oxygen atoms in total. The minimum atomic E-state index is 0.406. The van der Waals surface area contributed by atoms with E-state index in [0.29, 0.717) is 31.3 Å². The number of anilines is 1. The van der Waals surface area contributed by atoms with Gasteiger partial charge in [-0.3, -0.25) is 0 Å².